The van der Waals surface area contributed by atoms with Crippen LogP contribution in [0.3, 0.4) is 0 Å². The van der Waals surface area contributed by atoms with Gasteiger partial charge in [-0.1, -0.05) is 18.2 Å². The van der Waals surface area contributed by atoms with Crippen LogP contribution in [-0.4, -0.2) is 20.2 Å². The van der Waals surface area contributed by atoms with Crippen molar-refractivity contribution in [3.63, 3.8) is 0 Å². The van der Waals surface area contributed by atoms with Gasteiger partial charge in [0.05, 0.1) is 18.6 Å². The Morgan fingerprint density at radius 2 is 2.00 bits per heavy atom. The summed E-state index contributed by atoms with van der Waals surface area (Å²) in [5.41, 5.74) is 0.976. The molecule has 0 aliphatic rings. The largest absolute Gasteiger partial charge is 0.496 e. The molecule has 98 valence electrons. The van der Waals surface area contributed by atoms with E-state index in [0.717, 1.165) is 31.7 Å². The highest BCUT2D eigenvalue weighted by molar-refractivity contribution is 5.33. The van der Waals surface area contributed by atoms with Gasteiger partial charge in [-0.15, -0.1) is 0 Å². The molecule has 0 aliphatic carbocycles. The maximum absolute atomic E-state index is 8.90. The average molecular weight is 246 g/mol. The van der Waals surface area contributed by atoms with Gasteiger partial charge in [0.2, 0.25) is 0 Å². The van der Waals surface area contributed by atoms with Crippen LogP contribution in [0.5, 0.6) is 5.75 Å². The second-order valence-electron chi connectivity index (χ2n) is 5.06. The summed E-state index contributed by atoms with van der Waals surface area (Å²) in [7, 11) is 1.70. The number of nitrogens with zero attached hydrogens (tertiary/aromatic N) is 1. The van der Waals surface area contributed by atoms with Gasteiger partial charge in [-0.05, 0) is 51.4 Å². The number of rotatable bonds is 7. The Morgan fingerprint density at radius 1 is 1.28 bits per heavy atom. The van der Waals surface area contributed by atoms with Crippen LogP contribution in [0.4, 0.5) is 0 Å². The van der Waals surface area contributed by atoms with Crippen LogP contribution >= 0.6 is 0 Å². The molecule has 0 atom stereocenters. The minimum atomic E-state index is -0.239. The average Bonchev–Trinajstić information content (AvgIpc) is 2.38. The van der Waals surface area contributed by atoms with E-state index in [9.17, 15) is 0 Å². The Morgan fingerprint density at radius 3 is 2.67 bits per heavy atom. The predicted octanol–water partition coefficient (Wildman–Crippen LogP) is 2.77. The van der Waals surface area contributed by atoms with Gasteiger partial charge in [0.15, 0.2) is 0 Å². The Labute approximate surface area is 110 Å². The summed E-state index contributed by atoms with van der Waals surface area (Å²) in [6.45, 7) is 5.71. The van der Waals surface area contributed by atoms with Gasteiger partial charge in [-0.3, -0.25) is 0 Å². The molecule has 0 heterocycles. The molecule has 0 radical (unpaired) electrons. The van der Waals surface area contributed by atoms with E-state index in [1.165, 1.54) is 5.56 Å². The second kappa shape index (κ2) is 7.03. The first-order chi connectivity index (χ1) is 8.59. The van der Waals surface area contributed by atoms with Gasteiger partial charge in [0.25, 0.3) is 0 Å². The number of para-hydroxylation sites is 1. The highest BCUT2D eigenvalue weighted by Gasteiger charge is 2.15. The summed E-state index contributed by atoms with van der Waals surface area (Å²) in [6.07, 6.45) is 1.81. The van der Waals surface area contributed by atoms with E-state index in [1.54, 1.807) is 7.11 Å². The molecule has 0 unspecified atom stereocenters. The molecule has 0 aromatic heterocycles. The monoisotopic (exact) mass is 246 g/mol. The second-order valence-corrected chi connectivity index (χ2v) is 5.06. The molecular formula is C15H22N2O. The van der Waals surface area contributed by atoms with Gasteiger partial charge in [-0.25, -0.2) is 0 Å². The van der Waals surface area contributed by atoms with Crippen LogP contribution in [0.2, 0.25) is 0 Å². The number of ether oxygens (including phenoxy) is 1. The van der Waals surface area contributed by atoms with Crippen molar-refractivity contribution in [1.29, 1.82) is 5.26 Å². The fourth-order valence-corrected chi connectivity index (χ4v) is 1.71. The van der Waals surface area contributed by atoms with Gasteiger partial charge in [-0.2, -0.15) is 5.26 Å². The van der Waals surface area contributed by atoms with Crippen molar-refractivity contribution in [2.24, 2.45) is 5.41 Å². The molecule has 0 saturated carbocycles. The topological polar surface area (TPSA) is 45.0 Å². The Balaban J connectivity index is 2.28. The van der Waals surface area contributed by atoms with E-state index in [0.29, 0.717) is 0 Å². The number of benzene rings is 1. The molecule has 1 N–H and O–H groups in total. The van der Waals surface area contributed by atoms with Crippen LogP contribution in [0.15, 0.2) is 24.3 Å². The lowest BCUT2D eigenvalue weighted by atomic mass is 9.91. The van der Waals surface area contributed by atoms with Crippen molar-refractivity contribution in [1.82, 2.24) is 5.32 Å². The van der Waals surface area contributed by atoms with Crippen LogP contribution in [0, 0.1) is 16.7 Å². The zero-order chi connectivity index (χ0) is 13.4. The molecule has 0 fully saturated rings. The Kier molecular flexibility index (Phi) is 5.67. The predicted molar refractivity (Wildman–Crippen MR) is 73.6 cm³/mol. The highest BCUT2D eigenvalue weighted by Crippen LogP contribution is 2.18. The third-order valence-electron chi connectivity index (χ3n) is 2.99. The van der Waals surface area contributed by atoms with E-state index >= 15 is 0 Å². The van der Waals surface area contributed by atoms with Gasteiger partial charge < -0.3 is 10.1 Å². The normalized spacial score (nSPS) is 11.0. The molecule has 0 saturated heterocycles. The van der Waals surface area contributed by atoms with Crippen molar-refractivity contribution in [2.75, 3.05) is 20.2 Å². The minimum absolute atomic E-state index is 0.239. The Bertz CT molecular complexity index is 407. The lowest BCUT2D eigenvalue weighted by molar-refractivity contribution is 0.407. The summed E-state index contributed by atoms with van der Waals surface area (Å²) < 4.78 is 5.30. The van der Waals surface area contributed by atoms with E-state index in [4.69, 9.17) is 10.00 Å². The van der Waals surface area contributed by atoms with E-state index in [1.807, 2.05) is 32.0 Å². The van der Waals surface area contributed by atoms with Crippen molar-refractivity contribution in [2.45, 2.75) is 26.7 Å². The van der Waals surface area contributed by atoms with E-state index in [-0.39, 0.29) is 5.41 Å². The SMILES string of the molecule is COc1ccccc1CCNCCC(C)(C)C#N. The van der Waals surface area contributed by atoms with Crippen LogP contribution < -0.4 is 10.1 Å². The lowest BCUT2D eigenvalue weighted by Gasteiger charge is -2.15. The number of nitrogens with one attached hydrogen (secondary N) is 1. The molecule has 1 aromatic rings. The first kappa shape index (κ1) is 14.5. The van der Waals surface area contributed by atoms with Crippen molar-refractivity contribution >= 4 is 0 Å². The third kappa shape index (κ3) is 4.77. The van der Waals surface area contributed by atoms with Crippen LogP contribution in [-0.2, 0) is 6.42 Å². The van der Waals surface area contributed by atoms with Crippen molar-refractivity contribution in [3.05, 3.63) is 29.8 Å². The molecule has 1 aromatic carbocycles. The number of hydrogen-bond donors (Lipinski definition) is 1. The first-order valence-corrected chi connectivity index (χ1v) is 6.33. The van der Waals surface area contributed by atoms with E-state index in [2.05, 4.69) is 17.5 Å². The Hall–Kier alpha value is -1.53. The molecule has 1 rings (SSSR count). The maximum atomic E-state index is 8.90. The zero-order valence-electron chi connectivity index (χ0n) is 11.5. The number of methoxy groups -OCH3 is 1. The van der Waals surface area contributed by atoms with E-state index < -0.39 is 0 Å². The highest BCUT2D eigenvalue weighted by atomic mass is 16.5. The summed E-state index contributed by atoms with van der Waals surface area (Å²) in [5, 5.41) is 12.3. The van der Waals surface area contributed by atoms with Crippen LogP contribution in [0.1, 0.15) is 25.8 Å². The standard InChI is InChI=1S/C15H22N2O/c1-15(2,12-16)9-11-17-10-8-13-6-4-5-7-14(13)18-3/h4-7,17H,8-11H2,1-3H3. The van der Waals surface area contributed by atoms with Crippen molar-refractivity contribution < 1.29 is 4.74 Å². The molecule has 18 heavy (non-hydrogen) atoms. The van der Waals surface area contributed by atoms with Gasteiger partial charge in [0, 0.05) is 0 Å². The summed E-state index contributed by atoms with van der Waals surface area (Å²) in [5.74, 6) is 0.941. The smallest absolute Gasteiger partial charge is 0.122 e. The summed E-state index contributed by atoms with van der Waals surface area (Å²) in [6, 6.07) is 10.4. The van der Waals surface area contributed by atoms with Gasteiger partial charge in [0.1, 0.15) is 5.75 Å². The minimum Gasteiger partial charge on any atom is -0.496 e. The van der Waals surface area contributed by atoms with Gasteiger partial charge >= 0.3 is 0 Å². The molecule has 3 nitrogen and oxygen atoms in total. The fourth-order valence-electron chi connectivity index (χ4n) is 1.71. The summed E-state index contributed by atoms with van der Waals surface area (Å²) >= 11 is 0. The fraction of sp³-hybridized carbons (Fsp3) is 0.533. The molecule has 3 heteroatoms. The number of hydrogen-bond acceptors (Lipinski definition) is 3. The molecule has 0 aliphatic heterocycles. The molecular weight excluding hydrogens is 224 g/mol. The molecule has 0 bridgehead atoms. The molecule has 0 amide bonds. The van der Waals surface area contributed by atoms with Crippen molar-refractivity contribution in [3.8, 4) is 11.8 Å². The number of nitriles is 1. The lowest BCUT2D eigenvalue weighted by Crippen LogP contribution is -2.23. The first-order valence-electron chi connectivity index (χ1n) is 6.33. The molecule has 0 spiro atoms. The zero-order valence-corrected chi connectivity index (χ0v) is 11.5. The third-order valence-corrected chi connectivity index (χ3v) is 2.99. The maximum Gasteiger partial charge on any atom is 0.122 e. The van der Waals surface area contributed by atoms with Crippen LogP contribution in [0.25, 0.3) is 0 Å². The quantitative estimate of drug-likeness (QED) is 0.752. The summed E-state index contributed by atoms with van der Waals surface area (Å²) in [4.78, 5) is 0.